The molecule has 0 nitrogen and oxygen atoms in total. The van der Waals surface area contributed by atoms with Gasteiger partial charge in [0.1, 0.15) is 0 Å². The highest BCUT2D eigenvalue weighted by molar-refractivity contribution is 5.02. The number of rotatable bonds is 5. The molecule has 0 aliphatic heterocycles. The molecule has 30 heavy (non-hydrogen) atoms. The summed E-state index contributed by atoms with van der Waals surface area (Å²) >= 11 is 0. The predicted octanol–water partition coefficient (Wildman–Crippen LogP) is 9.24. The molecule has 0 saturated heterocycles. The summed E-state index contributed by atoms with van der Waals surface area (Å²) in [4.78, 5) is 0. The monoisotopic (exact) mass is 414 g/mol. The Kier molecular flexibility index (Phi) is 7.62. The van der Waals surface area contributed by atoms with Crippen molar-refractivity contribution in [1.29, 1.82) is 0 Å². The van der Waals surface area contributed by atoms with Crippen LogP contribution in [-0.4, -0.2) is 0 Å². The van der Waals surface area contributed by atoms with E-state index < -0.39 is 0 Å². The summed E-state index contributed by atoms with van der Waals surface area (Å²) < 4.78 is 0. The molecule has 0 radical (unpaired) electrons. The Morgan fingerprint density at radius 2 is 1.30 bits per heavy atom. The normalized spacial score (nSPS) is 49.9. The van der Waals surface area contributed by atoms with E-state index in [1.165, 1.54) is 38.5 Å². The molecule has 0 aromatic carbocycles. The van der Waals surface area contributed by atoms with E-state index >= 15 is 0 Å². The average Bonchev–Trinajstić information content (AvgIpc) is 3.22. The molecule has 174 valence electrons. The summed E-state index contributed by atoms with van der Waals surface area (Å²) in [6.07, 6.45) is 18.4. The number of fused-ring (bicyclic) bond motifs is 1. The molecule has 0 spiro atoms. The second-order valence-electron chi connectivity index (χ2n) is 12.9. The molecule has 0 aromatic heterocycles. The van der Waals surface area contributed by atoms with Crippen LogP contribution in [0.25, 0.3) is 0 Å². The van der Waals surface area contributed by atoms with E-state index in [9.17, 15) is 0 Å². The minimum Gasteiger partial charge on any atom is -0.0651 e. The number of hydrogen-bond acceptors (Lipinski definition) is 0. The van der Waals surface area contributed by atoms with Crippen molar-refractivity contribution in [2.75, 3.05) is 0 Å². The fourth-order valence-corrected chi connectivity index (χ4v) is 10.3. The van der Waals surface area contributed by atoms with E-state index in [4.69, 9.17) is 0 Å². The third-order valence-corrected chi connectivity index (χ3v) is 11.5. The zero-order valence-corrected chi connectivity index (χ0v) is 21.4. The molecule has 0 amide bonds. The van der Waals surface area contributed by atoms with Crippen molar-refractivity contribution in [2.24, 2.45) is 71.0 Å². The minimum absolute atomic E-state index is 0.886. The lowest BCUT2D eigenvalue weighted by Crippen LogP contribution is -2.51. The first-order chi connectivity index (χ1) is 14.5. The van der Waals surface area contributed by atoms with E-state index in [1.807, 2.05) is 0 Å². The van der Waals surface area contributed by atoms with Gasteiger partial charge in [-0.25, -0.2) is 0 Å². The highest BCUT2D eigenvalue weighted by Gasteiger charge is 2.53. The third kappa shape index (κ3) is 4.17. The third-order valence-electron chi connectivity index (χ3n) is 11.5. The SMILES string of the molecule is CCC1C(CC)C(C2CCC(C3CCCC(C)C3C)C2)C2CCCCC2C1C(C)C. The zero-order chi connectivity index (χ0) is 21.4. The van der Waals surface area contributed by atoms with Crippen molar-refractivity contribution in [2.45, 2.75) is 119 Å². The summed E-state index contributed by atoms with van der Waals surface area (Å²) in [6, 6.07) is 0. The molecular weight excluding hydrogens is 360 g/mol. The molecule has 11 unspecified atom stereocenters. The quantitative estimate of drug-likeness (QED) is 0.420. The van der Waals surface area contributed by atoms with Gasteiger partial charge >= 0.3 is 0 Å². The average molecular weight is 415 g/mol. The van der Waals surface area contributed by atoms with Crippen molar-refractivity contribution < 1.29 is 0 Å². The Labute approximate surface area is 189 Å². The molecule has 0 heteroatoms. The van der Waals surface area contributed by atoms with Crippen molar-refractivity contribution in [3.05, 3.63) is 0 Å². The molecule has 0 bridgehead atoms. The molecular formula is C30H54. The Morgan fingerprint density at radius 3 is 1.97 bits per heavy atom. The topological polar surface area (TPSA) is 0 Å². The van der Waals surface area contributed by atoms with Crippen molar-refractivity contribution >= 4 is 0 Å². The van der Waals surface area contributed by atoms with E-state index in [0.29, 0.717) is 0 Å². The standard InChI is InChI=1S/C30H54/c1-7-24-25(8-2)30(28-14-10-9-13-27(28)29(24)19(3)4)23-17-16-22(18-23)26-15-11-12-20(5)21(26)6/h19-30H,7-18H2,1-6H3. The maximum Gasteiger partial charge on any atom is -0.0323 e. The van der Waals surface area contributed by atoms with Crippen LogP contribution in [0.2, 0.25) is 0 Å². The van der Waals surface area contributed by atoms with Crippen LogP contribution in [0.15, 0.2) is 0 Å². The minimum atomic E-state index is 0.886. The van der Waals surface area contributed by atoms with Gasteiger partial charge in [-0.15, -0.1) is 0 Å². The van der Waals surface area contributed by atoms with Gasteiger partial charge in [0.2, 0.25) is 0 Å². The number of hydrogen-bond donors (Lipinski definition) is 0. The van der Waals surface area contributed by atoms with Crippen LogP contribution in [-0.2, 0) is 0 Å². The summed E-state index contributed by atoms with van der Waals surface area (Å²) in [7, 11) is 0. The van der Waals surface area contributed by atoms with Crippen LogP contribution in [0, 0.1) is 71.0 Å². The van der Waals surface area contributed by atoms with Gasteiger partial charge in [0.15, 0.2) is 0 Å². The van der Waals surface area contributed by atoms with Gasteiger partial charge in [0, 0.05) is 0 Å². The lowest BCUT2D eigenvalue weighted by Gasteiger charge is -2.57. The van der Waals surface area contributed by atoms with Gasteiger partial charge < -0.3 is 0 Å². The second-order valence-corrected chi connectivity index (χ2v) is 12.9. The van der Waals surface area contributed by atoms with Gasteiger partial charge in [0.25, 0.3) is 0 Å². The second kappa shape index (κ2) is 9.87. The van der Waals surface area contributed by atoms with Gasteiger partial charge in [-0.2, -0.15) is 0 Å². The smallest absolute Gasteiger partial charge is 0.0323 e. The van der Waals surface area contributed by atoms with Crippen LogP contribution in [0.3, 0.4) is 0 Å². The maximum absolute atomic E-state index is 2.61. The Bertz CT molecular complexity index is 526. The Hall–Kier alpha value is 0. The van der Waals surface area contributed by atoms with Gasteiger partial charge in [-0.05, 0) is 110 Å². The fraction of sp³-hybridized carbons (Fsp3) is 1.00. The van der Waals surface area contributed by atoms with Gasteiger partial charge in [-0.1, -0.05) is 80.1 Å². The highest BCUT2D eigenvalue weighted by Crippen LogP contribution is 2.60. The molecule has 4 aliphatic rings. The van der Waals surface area contributed by atoms with Crippen LogP contribution in [0.1, 0.15) is 119 Å². The predicted molar refractivity (Wildman–Crippen MR) is 131 cm³/mol. The van der Waals surface area contributed by atoms with Crippen LogP contribution >= 0.6 is 0 Å². The van der Waals surface area contributed by atoms with Crippen LogP contribution in [0.5, 0.6) is 0 Å². The van der Waals surface area contributed by atoms with Crippen molar-refractivity contribution in [3.8, 4) is 0 Å². The van der Waals surface area contributed by atoms with E-state index in [-0.39, 0.29) is 0 Å². The molecule has 4 aliphatic carbocycles. The van der Waals surface area contributed by atoms with Gasteiger partial charge in [0.05, 0.1) is 0 Å². The van der Waals surface area contributed by atoms with E-state index in [2.05, 4.69) is 41.5 Å². The van der Waals surface area contributed by atoms with Crippen molar-refractivity contribution in [3.63, 3.8) is 0 Å². The molecule has 0 heterocycles. The lowest BCUT2D eigenvalue weighted by molar-refractivity contribution is -0.0856. The molecule has 11 atom stereocenters. The van der Waals surface area contributed by atoms with E-state index in [1.54, 1.807) is 38.5 Å². The van der Waals surface area contributed by atoms with Crippen LogP contribution < -0.4 is 0 Å². The summed E-state index contributed by atoms with van der Waals surface area (Å²) in [6.45, 7) is 15.4. The Balaban J connectivity index is 1.55. The highest BCUT2D eigenvalue weighted by atomic mass is 14.6. The van der Waals surface area contributed by atoms with Gasteiger partial charge in [-0.3, -0.25) is 0 Å². The summed E-state index contributed by atoms with van der Waals surface area (Å²) in [5, 5.41) is 0. The summed E-state index contributed by atoms with van der Waals surface area (Å²) in [5.41, 5.74) is 0. The lowest BCUT2D eigenvalue weighted by atomic mass is 9.48. The fourth-order valence-electron chi connectivity index (χ4n) is 10.3. The van der Waals surface area contributed by atoms with E-state index in [0.717, 1.165) is 71.0 Å². The van der Waals surface area contributed by atoms with Crippen molar-refractivity contribution in [1.82, 2.24) is 0 Å². The summed E-state index contributed by atoms with van der Waals surface area (Å²) in [5.74, 6) is 12.3. The molecule has 0 N–H and O–H groups in total. The molecule has 4 rings (SSSR count). The largest absolute Gasteiger partial charge is 0.0651 e. The zero-order valence-electron chi connectivity index (χ0n) is 21.4. The molecule has 4 fully saturated rings. The maximum atomic E-state index is 2.61. The first-order valence-electron chi connectivity index (χ1n) is 14.5. The Morgan fingerprint density at radius 1 is 0.667 bits per heavy atom. The molecule has 4 saturated carbocycles. The first kappa shape index (κ1) is 23.2. The molecule has 0 aromatic rings. The van der Waals surface area contributed by atoms with Crippen LogP contribution in [0.4, 0.5) is 0 Å². The first-order valence-corrected chi connectivity index (χ1v) is 14.5.